The van der Waals surface area contributed by atoms with Crippen LogP contribution < -0.4 is 5.32 Å². The highest BCUT2D eigenvalue weighted by atomic mass is 79.9. The molecule has 0 aliphatic rings. The van der Waals surface area contributed by atoms with E-state index in [0.29, 0.717) is 5.69 Å². The van der Waals surface area contributed by atoms with E-state index in [1.807, 2.05) is 13.8 Å². The second-order valence-electron chi connectivity index (χ2n) is 3.87. The third-order valence-corrected chi connectivity index (χ3v) is 2.75. The SMILES string of the molecule is CC(C)C(CO)NC(=O)c1ccc(Br)cn1. The first-order chi connectivity index (χ1) is 7.54. The highest BCUT2D eigenvalue weighted by Gasteiger charge is 2.16. The smallest absolute Gasteiger partial charge is 0.270 e. The summed E-state index contributed by atoms with van der Waals surface area (Å²) < 4.78 is 0.826. The Balaban J connectivity index is 2.68. The fourth-order valence-corrected chi connectivity index (χ4v) is 1.41. The van der Waals surface area contributed by atoms with E-state index in [0.717, 1.165) is 4.47 Å². The fraction of sp³-hybridized carbons (Fsp3) is 0.455. The lowest BCUT2D eigenvalue weighted by atomic mass is 10.1. The number of aliphatic hydroxyl groups excluding tert-OH is 1. The Morgan fingerprint density at radius 1 is 1.56 bits per heavy atom. The highest BCUT2D eigenvalue weighted by Crippen LogP contribution is 2.08. The van der Waals surface area contributed by atoms with Crippen LogP contribution in [0.4, 0.5) is 0 Å². The van der Waals surface area contributed by atoms with Gasteiger partial charge in [-0.2, -0.15) is 0 Å². The van der Waals surface area contributed by atoms with E-state index < -0.39 is 0 Å². The summed E-state index contributed by atoms with van der Waals surface area (Å²) in [5.74, 6) is -0.0790. The van der Waals surface area contributed by atoms with E-state index in [1.54, 1.807) is 18.3 Å². The quantitative estimate of drug-likeness (QED) is 0.884. The summed E-state index contributed by atoms with van der Waals surface area (Å²) in [5.41, 5.74) is 0.349. The number of nitrogens with one attached hydrogen (secondary N) is 1. The van der Waals surface area contributed by atoms with Crippen LogP contribution in [0.1, 0.15) is 24.3 Å². The molecule has 0 aliphatic heterocycles. The van der Waals surface area contributed by atoms with Crippen LogP contribution in [-0.2, 0) is 0 Å². The number of hydrogen-bond donors (Lipinski definition) is 2. The lowest BCUT2D eigenvalue weighted by Gasteiger charge is -2.19. The summed E-state index contributed by atoms with van der Waals surface area (Å²) in [4.78, 5) is 15.7. The van der Waals surface area contributed by atoms with Crippen molar-refractivity contribution in [3.05, 3.63) is 28.5 Å². The molecular weight excluding hydrogens is 272 g/mol. The molecule has 0 saturated carbocycles. The van der Waals surface area contributed by atoms with E-state index in [4.69, 9.17) is 5.11 Å². The van der Waals surface area contributed by atoms with Crippen LogP contribution in [0.3, 0.4) is 0 Å². The number of amides is 1. The fourth-order valence-electron chi connectivity index (χ4n) is 1.18. The van der Waals surface area contributed by atoms with Crippen molar-refractivity contribution >= 4 is 21.8 Å². The van der Waals surface area contributed by atoms with Crippen LogP contribution in [0.5, 0.6) is 0 Å². The molecule has 1 amide bonds. The molecule has 1 aromatic heterocycles. The molecule has 0 bridgehead atoms. The maximum absolute atomic E-state index is 11.7. The molecule has 16 heavy (non-hydrogen) atoms. The minimum absolute atomic E-state index is 0.0695. The minimum atomic E-state index is -0.264. The molecule has 0 saturated heterocycles. The van der Waals surface area contributed by atoms with Gasteiger partial charge in [-0.05, 0) is 34.0 Å². The Bertz CT molecular complexity index is 352. The van der Waals surface area contributed by atoms with Crippen molar-refractivity contribution < 1.29 is 9.90 Å². The molecule has 0 radical (unpaired) electrons. The Morgan fingerprint density at radius 3 is 2.69 bits per heavy atom. The first-order valence-corrected chi connectivity index (χ1v) is 5.87. The third-order valence-electron chi connectivity index (χ3n) is 2.28. The van der Waals surface area contributed by atoms with Gasteiger partial charge in [0.25, 0.3) is 5.91 Å². The third kappa shape index (κ3) is 3.57. The number of pyridine rings is 1. The maximum Gasteiger partial charge on any atom is 0.270 e. The second-order valence-corrected chi connectivity index (χ2v) is 4.78. The molecule has 0 fully saturated rings. The number of halogens is 1. The van der Waals surface area contributed by atoms with Gasteiger partial charge in [0.2, 0.25) is 0 Å². The minimum Gasteiger partial charge on any atom is -0.394 e. The van der Waals surface area contributed by atoms with E-state index in [1.165, 1.54) is 0 Å². The normalized spacial score (nSPS) is 12.6. The zero-order valence-electron chi connectivity index (χ0n) is 9.27. The standard InChI is InChI=1S/C11H15BrN2O2/c1-7(2)10(6-15)14-11(16)9-4-3-8(12)5-13-9/h3-5,7,10,15H,6H2,1-2H3,(H,14,16). The number of carbonyl (C=O) groups excluding carboxylic acids is 1. The Morgan fingerprint density at radius 2 is 2.25 bits per heavy atom. The molecule has 0 aliphatic carbocycles. The van der Waals surface area contributed by atoms with Crippen molar-refractivity contribution in [2.24, 2.45) is 5.92 Å². The molecule has 0 aromatic carbocycles. The molecule has 0 spiro atoms. The monoisotopic (exact) mass is 286 g/mol. The van der Waals surface area contributed by atoms with Crippen LogP contribution in [0.25, 0.3) is 0 Å². The molecular formula is C11H15BrN2O2. The van der Waals surface area contributed by atoms with Gasteiger partial charge in [-0.15, -0.1) is 0 Å². The van der Waals surface area contributed by atoms with Gasteiger partial charge in [-0.1, -0.05) is 13.8 Å². The predicted molar refractivity (Wildman–Crippen MR) is 65.1 cm³/mol. The van der Waals surface area contributed by atoms with Crippen LogP contribution >= 0.6 is 15.9 Å². The maximum atomic E-state index is 11.7. The lowest BCUT2D eigenvalue weighted by molar-refractivity contribution is 0.0892. The molecule has 1 atom stereocenters. The zero-order valence-corrected chi connectivity index (χ0v) is 10.9. The average molecular weight is 287 g/mol. The summed E-state index contributed by atoms with van der Waals surface area (Å²) in [6.07, 6.45) is 1.57. The Hall–Kier alpha value is -0.940. The van der Waals surface area contributed by atoms with Crippen LogP contribution in [0.15, 0.2) is 22.8 Å². The largest absolute Gasteiger partial charge is 0.394 e. The van der Waals surface area contributed by atoms with Crippen molar-refractivity contribution in [1.82, 2.24) is 10.3 Å². The predicted octanol–water partition coefficient (Wildman–Crippen LogP) is 1.59. The van der Waals surface area contributed by atoms with Crippen molar-refractivity contribution in [1.29, 1.82) is 0 Å². The number of aliphatic hydroxyl groups is 1. The molecule has 88 valence electrons. The van der Waals surface area contributed by atoms with Gasteiger partial charge in [0, 0.05) is 10.7 Å². The number of nitrogens with zero attached hydrogens (tertiary/aromatic N) is 1. The highest BCUT2D eigenvalue weighted by molar-refractivity contribution is 9.10. The van der Waals surface area contributed by atoms with Crippen LogP contribution in [-0.4, -0.2) is 28.6 Å². The van der Waals surface area contributed by atoms with Gasteiger partial charge >= 0.3 is 0 Å². The lowest BCUT2D eigenvalue weighted by Crippen LogP contribution is -2.41. The Labute approximate surface area is 103 Å². The van der Waals surface area contributed by atoms with Crippen molar-refractivity contribution in [3.8, 4) is 0 Å². The van der Waals surface area contributed by atoms with Gasteiger partial charge in [0.15, 0.2) is 0 Å². The van der Waals surface area contributed by atoms with Gasteiger partial charge in [-0.3, -0.25) is 4.79 Å². The zero-order chi connectivity index (χ0) is 12.1. The summed E-state index contributed by atoms with van der Waals surface area (Å²) in [6.45, 7) is 3.81. The average Bonchev–Trinajstić information content (AvgIpc) is 2.26. The number of rotatable bonds is 4. The summed E-state index contributed by atoms with van der Waals surface area (Å²) in [5, 5.41) is 11.8. The van der Waals surface area contributed by atoms with Gasteiger partial charge < -0.3 is 10.4 Å². The number of aromatic nitrogens is 1. The van der Waals surface area contributed by atoms with Gasteiger partial charge in [0.1, 0.15) is 5.69 Å². The number of carbonyl (C=O) groups is 1. The molecule has 1 aromatic rings. The first-order valence-electron chi connectivity index (χ1n) is 5.08. The summed E-state index contributed by atoms with van der Waals surface area (Å²) in [6, 6.07) is 3.15. The molecule has 2 N–H and O–H groups in total. The summed E-state index contributed by atoms with van der Waals surface area (Å²) >= 11 is 3.25. The van der Waals surface area contributed by atoms with Gasteiger partial charge in [0.05, 0.1) is 12.6 Å². The van der Waals surface area contributed by atoms with Crippen molar-refractivity contribution in [3.63, 3.8) is 0 Å². The molecule has 4 nitrogen and oxygen atoms in total. The van der Waals surface area contributed by atoms with E-state index in [9.17, 15) is 4.79 Å². The number of hydrogen-bond acceptors (Lipinski definition) is 3. The van der Waals surface area contributed by atoms with Crippen LogP contribution in [0.2, 0.25) is 0 Å². The van der Waals surface area contributed by atoms with Crippen molar-refractivity contribution in [2.45, 2.75) is 19.9 Å². The topological polar surface area (TPSA) is 62.2 Å². The first kappa shape index (κ1) is 13.1. The van der Waals surface area contributed by atoms with Crippen LogP contribution in [0, 0.1) is 5.92 Å². The van der Waals surface area contributed by atoms with E-state index >= 15 is 0 Å². The molecule has 1 heterocycles. The van der Waals surface area contributed by atoms with Crippen molar-refractivity contribution in [2.75, 3.05) is 6.61 Å². The molecule has 5 heteroatoms. The van der Waals surface area contributed by atoms with E-state index in [2.05, 4.69) is 26.2 Å². The second kappa shape index (κ2) is 5.96. The molecule has 1 rings (SSSR count). The molecule has 1 unspecified atom stereocenters. The van der Waals surface area contributed by atoms with Gasteiger partial charge in [-0.25, -0.2) is 4.98 Å². The Kier molecular flexibility index (Phi) is 4.89. The van der Waals surface area contributed by atoms with E-state index in [-0.39, 0.29) is 24.5 Å². The summed E-state index contributed by atoms with van der Waals surface area (Å²) in [7, 11) is 0.